The van der Waals surface area contributed by atoms with Crippen LogP contribution in [0.5, 0.6) is 0 Å². The Morgan fingerprint density at radius 1 is 1.23 bits per heavy atom. The van der Waals surface area contributed by atoms with E-state index in [0.717, 1.165) is 37.2 Å². The van der Waals surface area contributed by atoms with E-state index in [1.54, 1.807) is 18.2 Å². The fraction of sp³-hybridized carbons (Fsp3) is 0.318. The van der Waals surface area contributed by atoms with Gasteiger partial charge in [0.1, 0.15) is 5.82 Å². The highest BCUT2D eigenvalue weighted by atomic mass is 35.5. The molecule has 4 rings (SSSR count). The lowest BCUT2D eigenvalue weighted by Crippen LogP contribution is -2.38. The van der Waals surface area contributed by atoms with Gasteiger partial charge in [-0.3, -0.25) is 9.69 Å². The summed E-state index contributed by atoms with van der Waals surface area (Å²) in [6.07, 6.45) is 1.53. The molecular weight excluding hydrogens is 407 g/mol. The van der Waals surface area contributed by atoms with Crippen LogP contribution in [0, 0.1) is 18.7 Å². The van der Waals surface area contributed by atoms with Crippen molar-refractivity contribution in [2.75, 3.05) is 18.4 Å². The molecule has 1 aliphatic heterocycles. The van der Waals surface area contributed by atoms with Crippen LogP contribution in [0.4, 0.5) is 10.1 Å². The maximum atomic E-state index is 13.1. The van der Waals surface area contributed by atoms with Crippen LogP contribution in [0.25, 0.3) is 11.5 Å². The minimum Gasteiger partial charge on any atom is -0.334 e. The van der Waals surface area contributed by atoms with Crippen molar-refractivity contribution in [1.29, 1.82) is 0 Å². The molecule has 2 aromatic carbocycles. The van der Waals surface area contributed by atoms with Gasteiger partial charge in [-0.05, 0) is 80.9 Å². The molecule has 8 heteroatoms. The molecule has 1 saturated heterocycles. The second-order valence-electron chi connectivity index (χ2n) is 7.52. The molecule has 1 amide bonds. The van der Waals surface area contributed by atoms with Gasteiger partial charge < -0.3 is 9.84 Å². The molecule has 1 fully saturated rings. The molecule has 0 bridgehead atoms. The maximum Gasteiger partial charge on any atom is 0.257 e. The van der Waals surface area contributed by atoms with Gasteiger partial charge in [0.2, 0.25) is 5.91 Å². The van der Waals surface area contributed by atoms with Gasteiger partial charge in [0.15, 0.2) is 5.82 Å². The Kier molecular flexibility index (Phi) is 6.11. The number of piperidine rings is 1. The van der Waals surface area contributed by atoms with Crippen molar-refractivity contribution >= 4 is 23.2 Å². The van der Waals surface area contributed by atoms with E-state index in [4.69, 9.17) is 16.1 Å². The summed E-state index contributed by atoms with van der Waals surface area (Å²) in [4.78, 5) is 19.2. The first-order valence-electron chi connectivity index (χ1n) is 9.86. The van der Waals surface area contributed by atoms with Crippen molar-refractivity contribution in [3.8, 4) is 11.5 Å². The number of aromatic nitrogens is 2. The van der Waals surface area contributed by atoms with E-state index < -0.39 is 0 Å². The number of rotatable bonds is 5. The maximum absolute atomic E-state index is 13.1. The van der Waals surface area contributed by atoms with Crippen molar-refractivity contribution in [3.63, 3.8) is 0 Å². The fourth-order valence-corrected chi connectivity index (χ4v) is 3.81. The Bertz CT molecular complexity index is 1030. The van der Waals surface area contributed by atoms with Crippen LogP contribution in [0.15, 0.2) is 47.0 Å². The highest BCUT2D eigenvalue weighted by molar-refractivity contribution is 6.30. The van der Waals surface area contributed by atoms with Gasteiger partial charge in [-0.25, -0.2) is 4.39 Å². The van der Waals surface area contributed by atoms with Gasteiger partial charge in [0.25, 0.3) is 5.89 Å². The topological polar surface area (TPSA) is 71.3 Å². The summed E-state index contributed by atoms with van der Waals surface area (Å²) < 4.78 is 18.3. The Labute approximate surface area is 179 Å². The third-order valence-electron chi connectivity index (χ3n) is 5.33. The number of aryl methyl sites for hydroxylation is 1. The number of anilines is 1. The number of benzene rings is 2. The van der Waals surface area contributed by atoms with Gasteiger partial charge in [-0.1, -0.05) is 16.8 Å². The molecule has 0 aliphatic carbocycles. The molecule has 156 valence electrons. The quantitative estimate of drug-likeness (QED) is 0.638. The molecular formula is C22H22ClFN4O2. The van der Waals surface area contributed by atoms with Gasteiger partial charge >= 0.3 is 0 Å². The van der Waals surface area contributed by atoms with E-state index >= 15 is 0 Å². The summed E-state index contributed by atoms with van der Waals surface area (Å²) in [6.45, 7) is 4.03. The molecule has 0 radical (unpaired) electrons. The summed E-state index contributed by atoms with van der Waals surface area (Å²) in [7, 11) is 0. The number of nitrogens with zero attached hydrogens (tertiary/aromatic N) is 3. The van der Waals surface area contributed by atoms with Crippen molar-refractivity contribution in [1.82, 2.24) is 15.0 Å². The molecule has 6 nitrogen and oxygen atoms in total. The zero-order valence-electron chi connectivity index (χ0n) is 16.6. The lowest BCUT2D eigenvalue weighted by Gasteiger charge is -2.30. The number of hydrogen-bond donors (Lipinski definition) is 1. The molecule has 2 heterocycles. The number of likely N-dealkylation sites (tertiary alicyclic amines) is 1. The lowest BCUT2D eigenvalue weighted by atomic mass is 9.95. The summed E-state index contributed by atoms with van der Waals surface area (Å²) >= 11 is 5.98. The smallest absolute Gasteiger partial charge is 0.257 e. The molecule has 0 atom stereocenters. The summed E-state index contributed by atoms with van der Waals surface area (Å²) in [5.41, 5.74) is 2.43. The van der Waals surface area contributed by atoms with Crippen molar-refractivity contribution in [2.45, 2.75) is 26.3 Å². The zero-order valence-corrected chi connectivity index (χ0v) is 17.3. The van der Waals surface area contributed by atoms with E-state index in [1.165, 1.54) is 12.1 Å². The van der Waals surface area contributed by atoms with Crippen molar-refractivity contribution in [2.24, 2.45) is 5.92 Å². The SMILES string of the molecule is Cc1cc(Cl)ccc1NC(=O)C1CCN(Cc2noc(-c3ccc(F)cc3)n2)CC1. The number of nitrogens with one attached hydrogen (secondary N) is 1. The van der Waals surface area contributed by atoms with Crippen LogP contribution in [0.2, 0.25) is 5.02 Å². The average Bonchev–Trinajstić information content (AvgIpc) is 3.19. The van der Waals surface area contributed by atoms with E-state index in [2.05, 4.69) is 20.4 Å². The Balaban J connectivity index is 1.29. The second kappa shape index (κ2) is 8.93. The molecule has 0 saturated carbocycles. The summed E-state index contributed by atoms with van der Waals surface area (Å²) in [6, 6.07) is 11.4. The van der Waals surface area contributed by atoms with Crippen LogP contribution in [-0.2, 0) is 11.3 Å². The molecule has 1 aliphatic rings. The van der Waals surface area contributed by atoms with Crippen LogP contribution in [0.1, 0.15) is 24.2 Å². The molecule has 0 unspecified atom stereocenters. The summed E-state index contributed by atoms with van der Waals surface area (Å²) in [5, 5.41) is 7.69. The number of halogens is 2. The zero-order chi connectivity index (χ0) is 21.1. The largest absolute Gasteiger partial charge is 0.334 e. The van der Waals surface area contributed by atoms with Gasteiger partial charge in [-0.15, -0.1) is 0 Å². The van der Waals surface area contributed by atoms with Crippen molar-refractivity contribution < 1.29 is 13.7 Å². The standard InChI is InChI=1S/C22H22ClFN4O2/c1-14-12-17(23)4-7-19(14)25-21(29)15-8-10-28(11-9-15)13-20-26-22(30-27-20)16-2-5-18(24)6-3-16/h2-7,12,15H,8-11,13H2,1H3,(H,25,29). The predicted molar refractivity (Wildman–Crippen MR) is 113 cm³/mol. The molecule has 0 spiro atoms. The number of carbonyl (C=O) groups excluding carboxylic acids is 1. The molecule has 1 N–H and O–H groups in total. The van der Waals surface area contributed by atoms with Crippen molar-refractivity contribution in [3.05, 3.63) is 64.7 Å². The van der Waals surface area contributed by atoms with Crippen LogP contribution in [-0.4, -0.2) is 34.0 Å². The van der Waals surface area contributed by atoms with Gasteiger partial charge in [0.05, 0.1) is 6.54 Å². The minimum atomic E-state index is -0.309. The first-order valence-corrected chi connectivity index (χ1v) is 10.2. The normalized spacial score (nSPS) is 15.3. The predicted octanol–water partition coefficient (Wildman–Crippen LogP) is 4.69. The van der Waals surface area contributed by atoms with E-state index in [1.807, 2.05) is 19.1 Å². The Morgan fingerprint density at radius 2 is 1.97 bits per heavy atom. The van der Waals surface area contributed by atoms with Crippen LogP contribution >= 0.6 is 11.6 Å². The van der Waals surface area contributed by atoms with E-state index in [0.29, 0.717) is 28.8 Å². The molecule has 30 heavy (non-hydrogen) atoms. The van der Waals surface area contributed by atoms with E-state index in [9.17, 15) is 9.18 Å². The molecule has 1 aromatic heterocycles. The van der Waals surface area contributed by atoms with Crippen LogP contribution in [0.3, 0.4) is 0 Å². The second-order valence-corrected chi connectivity index (χ2v) is 7.96. The lowest BCUT2D eigenvalue weighted by molar-refractivity contribution is -0.121. The first-order chi connectivity index (χ1) is 14.5. The molecule has 3 aromatic rings. The number of amides is 1. The highest BCUT2D eigenvalue weighted by Gasteiger charge is 2.26. The van der Waals surface area contributed by atoms with Crippen LogP contribution < -0.4 is 5.32 Å². The fourth-order valence-electron chi connectivity index (χ4n) is 3.58. The van der Waals surface area contributed by atoms with E-state index in [-0.39, 0.29) is 17.6 Å². The summed E-state index contributed by atoms with van der Waals surface area (Å²) in [5.74, 6) is 0.651. The monoisotopic (exact) mass is 428 g/mol. The Morgan fingerprint density at radius 3 is 2.67 bits per heavy atom. The third kappa shape index (κ3) is 4.86. The number of hydrogen-bond acceptors (Lipinski definition) is 5. The van der Waals surface area contributed by atoms with Gasteiger partial charge in [-0.2, -0.15) is 4.98 Å². The third-order valence-corrected chi connectivity index (χ3v) is 5.56. The minimum absolute atomic E-state index is 0.0311. The Hall–Kier alpha value is -2.77. The average molecular weight is 429 g/mol. The van der Waals surface area contributed by atoms with Gasteiger partial charge in [0, 0.05) is 22.2 Å². The number of carbonyl (C=O) groups is 1. The highest BCUT2D eigenvalue weighted by Crippen LogP contribution is 2.24. The first kappa shape index (κ1) is 20.5.